The van der Waals surface area contributed by atoms with E-state index in [0.29, 0.717) is 5.92 Å². The number of rotatable bonds is 3. The van der Waals surface area contributed by atoms with Crippen molar-refractivity contribution in [2.24, 2.45) is 11.7 Å². The van der Waals surface area contributed by atoms with Crippen LogP contribution in [0.3, 0.4) is 0 Å². The highest BCUT2D eigenvalue weighted by Gasteiger charge is 2.31. The Hall–Kier alpha value is -0.830. The molecule has 0 aromatic carbocycles. The molecule has 0 saturated heterocycles. The predicted octanol–water partition coefficient (Wildman–Crippen LogP) is 3.22. The van der Waals surface area contributed by atoms with Gasteiger partial charge in [0.25, 0.3) is 0 Å². The maximum absolute atomic E-state index is 6.29. The maximum atomic E-state index is 6.29. The summed E-state index contributed by atoms with van der Waals surface area (Å²) in [6, 6.07) is 0.0938. The topological polar surface area (TPSA) is 43.8 Å². The van der Waals surface area contributed by atoms with E-state index in [0.717, 1.165) is 0 Å². The molecule has 1 aliphatic rings. The second kappa shape index (κ2) is 4.81. The first kappa shape index (κ1) is 12.6. The molecule has 17 heavy (non-hydrogen) atoms. The van der Waals surface area contributed by atoms with Crippen LogP contribution in [-0.2, 0) is 5.54 Å². The van der Waals surface area contributed by atoms with Crippen molar-refractivity contribution in [3.05, 3.63) is 18.2 Å². The predicted molar refractivity (Wildman–Crippen MR) is 70.7 cm³/mol. The highest BCUT2D eigenvalue weighted by atomic mass is 15.1. The summed E-state index contributed by atoms with van der Waals surface area (Å²) in [7, 11) is 0. The van der Waals surface area contributed by atoms with Gasteiger partial charge in [-0.15, -0.1) is 0 Å². The van der Waals surface area contributed by atoms with Crippen molar-refractivity contribution in [3.63, 3.8) is 0 Å². The van der Waals surface area contributed by atoms with Crippen LogP contribution in [0.5, 0.6) is 0 Å². The maximum Gasteiger partial charge on any atom is 0.0953 e. The monoisotopic (exact) mass is 235 g/mol. The molecule has 0 aliphatic heterocycles. The zero-order valence-electron chi connectivity index (χ0n) is 11.3. The number of aromatic nitrogens is 2. The quantitative estimate of drug-likeness (QED) is 0.874. The van der Waals surface area contributed by atoms with Gasteiger partial charge in [-0.05, 0) is 25.7 Å². The molecule has 96 valence electrons. The lowest BCUT2D eigenvalue weighted by Crippen LogP contribution is -2.35. The molecule has 1 atom stereocenters. The average Bonchev–Trinajstić information content (AvgIpc) is 2.78. The number of hydrogen-bond donors (Lipinski definition) is 1. The molecule has 0 bridgehead atoms. The Kier molecular flexibility index (Phi) is 3.57. The highest BCUT2D eigenvalue weighted by molar-refractivity contribution is 5.09. The lowest BCUT2D eigenvalue weighted by atomic mass is 9.82. The fourth-order valence-corrected chi connectivity index (χ4v) is 2.90. The van der Waals surface area contributed by atoms with Crippen LogP contribution in [0.4, 0.5) is 0 Å². The van der Waals surface area contributed by atoms with Crippen LogP contribution in [0.25, 0.3) is 0 Å². The van der Waals surface area contributed by atoms with Gasteiger partial charge in [-0.1, -0.05) is 33.1 Å². The molecular weight excluding hydrogens is 210 g/mol. The van der Waals surface area contributed by atoms with Gasteiger partial charge in [0.05, 0.1) is 12.0 Å². The Balaban J connectivity index is 2.29. The van der Waals surface area contributed by atoms with E-state index in [4.69, 9.17) is 5.73 Å². The van der Waals surface area contributed by atoms with Crippen molar-refractivity contribution < 1.29 is 0 Å². The molecule has 3 nitrogen and oxygen atoms in total. The minimum Gasteiger partial charge on any atom is -0.327 e. The van der Waals surface area contributed by atoms with E-state index in [1.165, 1.54) is 37.8 Å². The van der Waals surface area contributed by atoms with Crippen molar-refractivity contribution in [2.75, 3.05) is 0 Å². The first-order valence-corrected chi connectivity index (χ1v) is 6.83. The summed E-state index contributed by atoms with van der Waals surface area (Å²) in [5.74, 6) is 0.456. The standard InChI is InChI=1S/C14H25N3/c1-11(2)13(15)12-9-16-10-17(12)14(3)7-5-4-6-8-14/h9-11,13H,4-8,15H2,1-3H3. The number of nitrogens with zero attached hydrogens (tertiary/aromatic N) is 2. The van der Waals surface area contributed by atoms with Crippen LogP contribution in [0.15, 0.2) is 12.5 Å². The van der Waals surface area contributed by atoms with Crippen LogP contribution in [-0.4, -0.2) is 9.55 Å². The molecule has 2 N–H and O–H groups in total. The third-order valence-corrected chi connectivity index (χ3v) is 4.24. The van der Waals surface area contributed by atoms with E-state index in [2.05, 4.69) is 30.3 Å². The Labute approximate surface area is 104 Å². The number of hydrogen-bond acceptors (Lipinski definition) is 2. The third-order valence-electron chi connectivity index (χ3n) is 4.24. The van der Waals surface area contributed by atoms with Crippen LogP contribution >= 0.6 is 0 Å². The Morgan fingerprint density at radius 1 is 1.29 bits per heavy atom. The van der Waals surface area contributed by atoms with Gasteiger partial charge >= 0.3 is 0 Å². The summed E-state index contributed by atoms with van der Waals surface area (Å²) >= 11 is 0. The largest absolute Gasteiger partial charge is 0.327 e. The second-order valence-corrected chi connectivity index (χ2v) is 6.02. The van der Waals surface area contributed by atoms with Gasteiger partial charge in [-0.2, -0.15) is 0 Å². The molecular formula is C14H25N3. The van der Waals surface area contributed by atoms with E-state index < -0.39 is 0 Å². The SMILES string of the molecule is CC(C)C(N)c1cncn1C1(C)CCCCC1. The average molecular weight is 235 g/mol. The second-order valence-electron chi connectivity index (χ2n) is 6.02. The molecule has 1 unspecified atom stereocenters. The summed E-state index contributed by atoms with van der Waals surface area (Å²) in [4.78, 5) is 4.33. The smallest absolute Gasteiger partial charge is 0.0953 e. The van der Waals surface area contributed by atoms with Crippen molar-refractivity contribution in [3.8, 4) is 0 Å². The molecule has 1 fully saturated rings. The molecule has 0 amide bonds. The number of imidazole rings is 1. The van der Waals surface area contributed by atoms with Gasteiger partial charge < -0.3 is 10.3 Å². The van der Waals surface area contributed by atoms with E-state index in [-0.39, 0.29) is 11.6 Å². The lowest BCUT2D eigenvalue weighted by molar-refractivity contribution is 0.208. The number of nitrogens with two attached hydrogens (primary N) is 1. The minimum atomic E-state index is 0.0938. The molecule has 1 saturated carbocycles. The van der Waals surface area contributed by atoms with Gasteiger partial charge in [-0.3, -0.25) is 0 Å². The van der Waals surface area contributed by atoms with Crippen LogP contribution in [0.2, 0.25) is 0 Å². The third kappa shape index (κ3) is 2.39. The molecule has 1 aliphatic carbocycles. The Morgan fingerprint density at radius 3 is 2.53 bits per heavy atom. The van der Waals surface area contributed by atoms with Crippen LogP contribution in [0, 0.1) is 5.92 Å². The lowest BCUT2D eigenvalue weighted by Gasteiger charge is -2.37. The first-order chi connectivity index (χ1) is 8.04. The molecule has 0 spiro atoms. The summed E-state index contributed by atoms with van der Waals surface area (Å²) < 4.78 is 2.34. The van der Waals surface area contributed by atoms with Gasteiger partial charge in [0.2, 0.25) is 0 Å². The van der Waals surface area contributed by atoms with Crippen LogP contribution < -0.4 is 5.73 Å². The first-order valence-electron chi connectivity index (χ1n) is 6.83. The molecule has 1 heterocycles. The van der Waals surface area contributed by atoms with Crippen molar-refractivity contribution in [1.29, 1.82) is 0 Å². The fraction of sp³-hybridized carbons (Fsp3) is 0.786. The summed E-state index contributed by atoms with van der Waals surface area (Å²) in [5.41, 5.74) is 7.72. The molecule has 1 aromatic heterocycles. The fourth-order valence-electron chi connectivity index (χ4n) is 2.90. The van der Waals surface area contributed by atoms with E-state index >= 15 is 0 Å². The Morgan fingerprint density at radius 2 is 1.94 bits per heavy atom. The van der Waals surface area contributed by atoms with E-state index in [9.17, 15) is 0 Å². The zero-order chi connectivity index (χ0) is 12.5. The van der Waals surface area contributed by atoms with Gasteiger partial charge in [-0.25, -0.2) is 4.98 Å². The summed E-state index contributed by atoms with van der Waals surface area (Å²) in [6.45, 7) is 6.70. The highest BCUT2D eigenvalue weighted by Crippen LogP contribution is 2.36. The summed E-state index contributed by atoms with van der Waals surface area (Å²) in [5, 5.41) is 0. The van der Waals surface area contributed by atoms with Crippen LogP contribution in [0.1, 0.15) is 64.6 Å². The Bertz CT molecular complexity index is 361. The molecule has 0 radical (unpaired) electrons. The zero-order valence-corrected chi connectivity index (χ0v) is 11.3. The van der Waals surface area contributed by atoms with Crippen molar-refractivity contribution in [1.82, 2.24) is 9.55 Å². The molecule has 1 aromatic rings. The van der Waals surface area contributed by atoms with Crippen molar-refractivity contribution in [2.45, 2.75) is 64.5 Å². The minimum absolute atomic E-state index is 0.0938. The summed E-state index contributed by atoms with van der Waals surface area (Å²) in [6.07, 6.45) is 10.4. The van der Waals surface area contributed by atoms with Gasteiger partial charge in [0.15, 0.2) is 0 Å². The molecule has 2 rings (SSSR count). The van der Waals surface area contributed by atoms with E-state index in [1.807, 2.05) is 12.5 Å². The van der Waals surface area contributed by atoms with Crippen molar-refractivity contribution >= 4 is 0 Å². The van der Waals surface area contributed by atoms with Gasteiger partial charge in [0.1, 0.15) is 0 Å². The van der Waals surface area contributed by atoms with E-state index in [1.54, 1.807) is 0 Å². The normalized spacial score (nSPS) is 21.7. The van der Waals surface area contributed by atoms with Gasteiger partial charge in [0, 0.05) is 17.8 Å². The molecule has 3 heteroatoms.